The Hall–Kier alpha value is -3.41. The predicted octanol–water partition coefficient (Wildman–Crippen LogP) is 4.09. The molecule has 1 amide bonds. The number of aromatic nitrogens is 2. The molecule has 0 aliphatic carbocycles. The molecule has 1 heterocycles. The number of carbonyl (C=O) groups excluding carboxylic acids is 1. The smallest absolute Gasteiger partial charge is 0.321 e. The highest BCUT2D eigenvalue weighted by molar-refractivity contribution is 5.94. The van der Waals surface area contributed by atoms with E-state index in [1.807, 2.05) is 44.2 Å². The average Bonchev–Trinajstić information content (AvgIpc) is 2.68. The number of benzene rings is 2. The molecule has 0 saturated heterocycles. The molecule has 1 aromatic heterocycles. The van der Waals surface area contributed by atoms with Gasteiger partial charge < -0.3 is 14.4 Å². The SMILES string of the molecule is CC(C)N(C(=O)COc1cccc(Oc2ncccn2)c1)c1ccccc1. The lowest BCUT2D eigenvalue weighted by Crippen LogP contribution is -2.40. The fourth-order valence-corrected chi connectivity index (χ4v) is 2.60. The standard InChI is InChI=1S/C21H21N3O3/c1-16(2)24(17-8-4-3-5-9-17)20(25)15-26-18-10-6-11-19(14-18)27-21-22-12-7-13-23-21/h3-14,16H,15H2,1-2H3. The van der Waals surface area contributed by atoms with Crippen molar-refractivity contribution in [2.75, 3.05) is 11.5 Å². The summed E-state index contributed by atoms with van der Waals surface area (Å²) < 4.78 is 11.3. The summed E-state index contributed by atoms with van der Waals surface area (Å²) in [5.41, 5.74) is 0.847. The zero-order valence-corrected chi connectivity index (χ0v) is 15.3. The number of para-hydroxylation sites is 1. The van der Waals surface area contributed by atoms with E-state index in [4.69, 9.17) is 9.47 Å². The molecule has 2 aromatic carbocycles. The molecule has 0 bridgehead atoms. The second kappa shape index (κ2) is 8.80. The molecule has 27 heavy (non-hydrogen) atoms. The number of ether oxygens (including phenoxy) is 2. The van der Waals surface area contributed by atoms with Crippen molar-refractivity contribution in [2.45, 2.75) is 19.9 Å². The minimum absolute atomic E-state index is 0.0217. The third kappa shape index (κ3) is 5.04. The second-order valence-electron chi connectivity index (χ2n) is 6.09. The van der Waals surface area contributed by atoms with Crippen LogP contribution in [0.4, 0.5) is 5.69 Å². The molecule has 0 unspecified atom stereocenters. The zero-order valence-electron chi connectivity index (χ0n) is 15.3. The van der Waals surface area contributed by atoms with Gasteiger partial charge in [-0.25, -0.2) is 9.97 Å². The van der Waals surface area contributed by atoms with Crippen molar-refractivity contribution in [3.8, 4) is 17.5 Å². The van der Waals surface area contributed by atoms with Crippen molar-refractivity contribution in [2.24, 2.45) is 0 Å². The van der Waals surface area contributed by atoms with Crippen LogP contribution in [0.5, 0.6) is 17.5 Å². The van der Waals surface area contributed by atoms with Gasteiger partial charge in [-0.2, -0.15) is 0 Å². The van der Waals surface area contributed by atoms with Gasteiger partial charge in [-0.3, -0.25) is 4.79 Å². The number of anilines is 1. The van der Waals surface area contributed by atoms with Crippen molar-refractivity contribution in [3.05, 3.63) is 73.1 Å². The van der Waals surface area contributed by atoms with E-state index < -0.39 is 0 Å². The van der Waals surface area contributed by atoms with Gasteiger partial charge in [0, 0.05) is 30.2 Å². The normalized spacial score (nSPS) is 10.5. The molecule has 0 N–H and O–H groups in total. The van der Waals surface area contributed by atoms with Crippen molar-refractivity contribution >= 4 is 11.6 Å². The maximum atomic E-state index is 12.7. The van der Waals surface area contributed by atoms with E-state index in [9.17, 15) is 4.79 Å². The monoisotopic (exact) mass is 363 g/mol. The Bertz CT molecular complexity index is 870. The van der Waals surface area contributed by atoms with E-state index in [1.165, 1.54) is 0 Å². The van der Waals surface area contributed by atoms with Gasteiger partial charge in [-0.05, 0) is 44.2 Å². The van der Waals surface area contributed by atoms with Gasteiger partial charge in [0.15, 0.2) is 6.61 Å². The molecule has 0 radical (unpaired) electrons. The first kappa shape index (κ1) is 18.4. The van der Waals surface area contributed by atoms with Crippen LogP contribution in [0.3, 0.4) is 0 Å². The Morgan fingerprint density at radius 1 is 0.963 bits per heavy atom. The van der Waals surface area contributed by atoms with Crippen LogP contribution in [-0.2, 0) is 4.79 Å². The molecule has 138 valence electrons. The Labute approximate surface area is 158 Å². The van der Waals surface area contributed by atoms with Crippen molar-refractivity contribution in [3.63, 3.8) is 0 Å². The third-order valence-corrected chi connectivity index (χ3v) is 3.74. The van der Waals surface area contributed by atoms with Crippen LogP contribution in [0.25, 0.3) is 0 Å². The molecular formula is C21H21N3O3. The summed E-state index contributed by atoms with van der Waals surface area (Å²) in [5, 5.41) is 0. The zero-order chi connectivity index (χ0) is 19.1. The highest BCUT2D eigenvalue weighted by atomic mass is 16.5. The molecule has 6 heteroatoms. The van der Waals surface area contributed by atoms with Crippen molar-refractivity contribution in [1.82, 2.24) is 9.97 Å². The van der Waals surface area contributed by atoms with Crippen LogP contribution in [-0.4, -0.2) is 28.5 Å². The molecule has 0 aliphatic rings. The van der Waals surface area contributed by atoms with E-state index >= 15 is 0 Å². The topological polar surface area (TPSA) is 64.6 Å². The van der Waals surface area contributed by atoms with Crippen LogP contribution in [0.2, 0.25) is 0 Å². The first-order valence-corrected chi connectivity index (χ1v) is 8.68. The minimum atomic E-state index is -0.117. The average molecular weight is 363 g/mol. The summed E-state index contributed by atoms with van der Waals surface area (Å²) in [6, 6.07) is 18.6. The van der Waals surface area contributed by atoms with Crippen molar-refractivity contribution < 1.29 is 14.3 Å². The number of nitrogens with zero attached hydrogens (tertiary/aromatic N) is 3. The number of hydrogen-bond acceptors (Lipinski definition) is 5. The molecule has 0 saturated carbocycles. The fraction of sp³-hybridized carbons (Fsp3) is 0.190. The van der Waals surface area contributed by atoms with Gasteiger partial charge in [0.2, 0.25) is 0 Å². The number of hydrogen-bond donors (Lipinski definition) is 0. The molecule has 3 rings (SSSR count). The highest BCUT2D eigenvalue weighted by Crippen LogP contribution is 2.23. The molecule has 6 nitrogen and oxygen atoms in total. The fourth-order valence-electron chi connectivity index (χ4n) is 2.60. The van der Waals surface area contributed by atoms with Gasteiger partial charge in [-0.1, -0.05) is 24.3 Å². The largest absolute Gasteiger partial charge is 0.484 e. The first-order chi connectivity index (χ1) is 13.1. The Balaban J connectivity index is 1.65. The van der Waals surface area contributed by atoms with E-state index in [0.717, 1.165) is 5.69 Å². The number of amides is 1. The minimum Gasteiger partial charge on any atom is -0.484 e. The van der Waals surface area contributed by atoms with Gasteiger partial charge in [-0.15, -0.1) is 0 Å². The summed E-state index contributed by atoms with van der Waals surface area (Å²) in [6.45, 7) is 3.87. The maximum absolute atomic E-state index is 12.7. The molecule has 0 aliphatic heterocycles. The van der Waals surface area contributed by atoms with Crippen molar-refractivity contribution in [1.29, 1.82) is 0 Å². The Morgan fingerprint density at radius 2 is 1.67 bits per heavy atom. The molecule has 0 fully saturated rings. The maximum Gasteiger partial charge on any atom is 0.321 e. The van der Waals surface area contributed by atoms with Crippen LogP contribution >= 0.6 is 0 Å². The summed E-state index contributed by atoms with van der Waals surface area (Å²) in [5.74, 6) is 0.956. The highest BCUT2D eigenvalue weighted by Gasteiger charge is 2.19. The van der Waals surface area contributed by atoms with Crippen LogP contribution in [0.15, 0.2) is 73.1 Å². The van der Waals surface area contributed by atoms with Gasteiger partial charge >= 0.3 is 6.01 Å². The number of carbonyl (C=O) groups is 1. The predicted molar refractivity (Wildman–Crippen MR) is 103 cm³/mol. The third-order valence-electron chi connectivity index (χ3n) is 3.74. The van der Waals surface area contributed by atoms with E-state index in [1.54, 1.807) is 47.6 Å². The summed E-state index contributed by atoms with van der Waals surface area (Å²) >= 11 is 0. The summed E-state index contributed by atoms with van der Waals surface area (Å²) in [7, 11) is 0. The second-order valence-corrected chi connectivity index (χ2v) is 6.09. The molecule has 0 spiro atoms. The number of rotatable bonds is 7. The van der Waals surface area contributed by atoms with Gasteiger partial charge in [0.25, 0.3) is 5.91 Å². The van der Waals surface area contributed by atoms with E-state index in [2.05, 4.69) is 9.97 Å². The molecular weight excluding hydrogens is 342 g/mol. The van der Waals surface area contributed by atoms with E-state index in [0.29, 0.717) is 11.5 Å². The first-order valence-electron chi connectivity index (χ1n) is 8.68. The van der Waals surface area contributed by atoms with Gasteiger partial charge in [0.1, 0.15) is 11.5 Å². The Kier molecular flexibility index (Phi) is 5.99. The molecule has 0 atom stereocenters. The lowest BCUT2D eigenvalue weighted by atomic mass is 10.2. The van der Waals surface area contributed by atoms with Crippen LogP contribution in [0.1, 0.15) is 13.8 Å². The van der Waals surface area contributed by atoms with Crippen LogP contribution < -0.4 is 14.4 Å². The molecule has 3 aromatic rings. The summed E-state index contributed by atoms with van der Waals surface area (Å²) in [4.78, 5) is 22.4. The van der Waals surface area contributed by atoms with Crippen LogP contribution in [0, 0.1) is 0 Å². The van der Waals surface area contributed by atoms with Gasteiger partial charge in [0.05, 0.1) is 0 Å². The summed E-state index contributed by atoms with van der Waals surface area (Å²) in [6.07, 6.45) is 3.21. The van der Waals surface area contributed by atoms with E-state index in [-0.39, 0.29) is 24.6 Å². The lowest BCUT2D eigenvalue weighted by Gasteiger charge is -2.26. The Morgan fingerprint density at radius 3 is 2.37 bits per heavy atom. The quantitative estimate of drug-likeness (QED) is 0.633. The lowest BCUT2D eigenvalue weighted by molar-refractivity contribution is -0.120.